The van der Waals surface area contributed by atoms with E-state index in [1.54, 1.807) is 18.3 Å². The van der Waals surface area contributed by atoms with Gasteiger partial charge in [0.25, 0.3) is 5.91 Å². The summed E-state index contributed by atoms with van der Waals surface area (Å²) in [6, 6.07) is 3.27. The summed E-state index contributed by atoms with van der Waals surface area (Å²) in [5.74, 6) is -1.25. The number of aliphatic carboxylic acids is 1. The van der Waals surface area contributed by atoms with Crippen molar-refractivity contribution in [3.8, 4) is 0 Å². The third-order valence-electron chi connectivity index (χ3n) is 3.00. The summed E-state index contributed by atoms with van der Waals surface area (Å²) in [6.07, 6.45) is 2.34. The third-order valence-corrected chi connectivity index (χ3v) is 3.00. The molecule has 1 aliphatic heterocycles. The molecule has 1 amide bonds. The van der Waals surface area contributed by atoms with E-state index < -0.39 is 5.97 Å². The zero-order valence-corrected chi connectivity index (χ0v) is 10.2. The van der Waals surface area contributed by atoms with E-state index >= 15 is 0 Å². The number of carbonyl (C=O) groups excluding carboxylic acids is 1. The Balaban J connectivity index is 2.09. The van der Waals surface area contributed by atoms with Gasteiger partial charge in [-0.15, -0.1) is 0 Å². The molecule has 98 valence electrons. The zero-order chi connectivity index (χ0) is 13.2. The smallest absolute Gasteiger partial charge is 0.323 e. The van der Waals surface area contributed by atoms with Crippen molar-refractivity contribution in [3.63, 3.8) is 0 Å². The summed E-state index contributed by atoms with van der Waals surface area (Å²) in [5.41, 5.74) is -0.0133. The first-order chi connectivity index (χ1) is 8.50. The second-order valence-corrected chi connectivity index (χ2v) is 4.73. The fourth-order valence-corrected chi connectivity index (χ4v) is 2.01. The lowest BCUT2D eigenvalue weighted by Crippen LogP contribution is -2.47. The summed E-state index contributed by atoms with van der Waals surface area (Å²) in [6.45, 7) is 2.82. The highest BCUT2D eigenvalue weighted by Crippen LogP contribution is 2.18. The molecule has 6 nitrogen and oxygen atoms in total. The lowest BCUT2D eigenvalue weighted by molar-refractivity contribution is -0.137. The van der Waals surface area contributed by atoms with Crippen LogP contribution in [0.4, 0.5) is 0 Å². The molecule has 1 aromatic rings. The average molecular weight is 252 g/mol. The molecule has 0 aliphatic carbocycles. The predicted octanol–water partition coefficient (Wildman–Crippen LogP) is 0.481. The van der Waals surface area contributed by atoms with Gasteiger partial charge >= 0.3 is 5.97 Å². The Hall–Kier alpha value is -1.82. The molecule has 6 heteroatoms. The number of hydrogen-bond acceptors (Lipinski definition) is 3. The van der Waals surface area contributed by atoms with Gasteiger partial charge in [0, 0.05) is 12.8 Å². The van der Waals surface area contributed by atoms with E-state index in [4.69, 9.17) is 9.84 Å². The Labute approximate surface area is 105 Å². The Bertz CT molecular complexity index is 460. The van der Waals surface area contributed by atoms with Crippen LogP contribution in [0.25, 0.3) is 0 Å². The lowest BCUT2D eigenvalue weighted by Gasteiger charge is -2.23. The maximum atomic E-state index is 12.1. The van der Waals surface area contributed by atoms with Gasteiger partial charge in [-0.2, -0.15) is 0 Å². The quantitative estimate of drug-likeness (QED) is 0.816. The van der Waals surface area contributed by atoms with Gasteiger partial charge in [0.05, 0.1) is 12.1 Å². The summed E-state index contributed by atoms with van der Waals surface area (Å²) in [7, 11) is 0. The van der Waals surface area contributed by atoms with E-state index in [2.05, 4.69) is 5.32 Å². The van der Waals surface area contributed by atoms with Gasteiger partial charge in [-0.05, 0) is 25.5 Å². The molecule has 1 aliphatic rings. The number of carbonyl (C=O) groups is 2. The highest BCUT2D eigenvalue weighted by Gasteiger charge is 2.32. The topological polar surface area (TPSA) is 80.6 Å². The van der Waals surface area contributed by atoms with Crippen LogP contribution in [0.5, 0.6) is 0 Å². The minimum atomic E-state index is -0.976. The molecule has 0 aromatic carbocycles. The van der Waals surface area contributed by atoms with E-state index in [0.29, 0.717) is 18.9 Å². The van der Waals surface area contributed by atoms with E-state index in [1.165, 1.54) is 4.57 Å². The number of nitrogens with one attached hydrogen (secondary N) is 1. The molecule has 1 aromatic heterocycles. The molecule has 1 saturated heterocycles. The zero-order valence-electron chi connectivity index (χ0n) is 10.2. The summed E-state index contributed by atoms with van der Waals surface area (Å²) < 4.78 is 6.67. The van der Waals surface area contributed by atoms with Crippen LogP contribution in [0.15, 0.2) is 18.3 Å². The lowest BCUT2D eigenvalue weighted by atomic mass is 10.0. The summed E-state index contributed by atoms with van der Waals surface area (Å²) in [5, 5.41) is 11.6. The third kappa shape index (κ3) is 2.70. The number of rotatable bonds is 4. The van der Waals surface area contributed by atoms with Crippen LogP contribution in [0.3, 0.4) is 0 Å². The molecular formula is C12H16N2O4. The van der Waals surface area contributed by atoms with Gasteiger partial charge in [0.2, 0.25) is 0 Å². The van der Waals surface area contributed by atoms with Crippen molar-refractivity contribution >= 4 is 11.9 Å². The minimum absolute atomic E-state index is 0.219. The molecule has 1 fully saturated rings. The van der Waals surface area contributed by atoms with Crippen LogP contribution in [0.1, 0.15) is 23.8 Å². The summed E-state index contributed by atoms with van der Waals surface area (Å²) >= 11 is 0. The van der Waals surface area contributed by atoms with Gasteiger partial charge in [0.15, 0.2) is 0 Å². The van der Waals surface area contributed by atoms with Gasteiger partial charge in [-0.3, -0.25) is 9.59 Å². The number of amides is 1. The highest BCUT2D eigenvalue weighted by molar-refractivity contribution is 5.93. The van der Waals surface area contributed by atoms with Gasteiger partial charge in [-0.25, -0.2) is 0 Å². The number of nitrogens with zero attached hydrogens (tertiary/aromatic N) is 1. The van der Waals surface area contributed by atoms with E-state index in [0.717, 1.165) is 6.42 Å². The normalized spacial score (nSPS) is 22.9. The standard InChI is InChI=1S/C12H16N2O4/c1-12(4-6-18-8-12)13-11(17)9-3-2-5-14(9)7-10(15)16/h2-3,5H,4,6-8H2,1H3,(H,13,17)(H,15,16). The van der Waals surface area contributed by atoms with Crippen molar-refractivity contribution in [1.82, 2.24) is 9.88 Å². The maximum absolute atomic E-state index is 12.1. The molecule has 18 heavy (non-hydrogen) atoms. The average Bonchev–Trinajstić information content (AvgIpc) is 2.86. The number of ether oxygens (including phenoxy) is 1. The highest BCUT2D eigenvalue weighted by atomic mass is 16.5. The molecule has 0 bridgehead atoms. The Morgan fingerprint density at radius 1 is 1.61 bits per heavy atom. The minimum Gasteiger partial charge on any atom is -0.480 e. The predicted molar refractivity (Wildman–Crippen MR) is 63.4 cm³/mol. The van der Waals surface area contributed by atoms with Crippen LogP contribution < -0.4 is 5.32 Å². The van der Waals surface area contributed by atoms with Crippen LogP contribution in [-0.4, -0.2) is 40.3 Å². The van der Waals surface area contributed by atoms with Crippen molar-refractivity contribution in [1.29, 1.82) is 0 Å². The maximum Gasteiger partial charge on any atom is 0.323 e. The largest absolute Gasteiger partial charge is 0.480 e. The number of carboxylic acid groups (broad SMARTS) is 1. The molecule has 0 spiro atoms. The molecule has 2 heterocycles. The SMILES string of the molecule is CC1(NC(=O)c2cccn2CC(=O)O)CCOC1. The fourth-order valence-electron chi connectivity index (χ4n) is 2.01. The number of hydrogen-bond donors (Lipinski definition) is 2. The monoisotopic (exact) mass is 252 g/mol. The van der Waals surface area contributed by atoms with Crippen molar-refractivity contribution in [2.24, 2.45) is 0 Å². The van der Waals surface area contributed by atoms with Crippen molar-refractivity contribution in [3.05, 3.63) is 24.0 Å². The van der Waals surface area contributed by atoms with Crippen LogP contribution >= 0.6 is 0 Å². The van der Waals surface area contributed by atoms with Crippen LogP contribution in [0.2, 0.25) is 0 Å². The van der Waals surface area contributed by atoms with Crippen LogP contribution in [-0.2, 0) is 16.1 Å². The van der Waals surface area contributed by atoms with Gasteiger partial charge in [-0.1, -0.05) is 0 Å². The first kappa shape index (κ1) is 12.6. The Morgan fingerprint density at radius 3 is 3.00 bits per heavy atom. The molecule has 0 radical (unpaired) electrons. The molecule has 1 unspecified atom stereocenters. The van der Waals surface area contributed by atoms with E-state index in [9.17, 15) is 9.59 Å². The van der Waals surface area contributed by atoms with Crippen molar-refractivity contribution in [2.75, 3.05) is 13.2 Å². The van der Waals surface area contributed by atoms with Crippen LogP contribution in [0, 0.1) is 0 Å². The number of carboxylic acids is 1. The Morgan fingerprint density at radius 2 is 2.39 bits per heavy atom. The first-order valence-corrected chi connectivity index (χ1v) is 5.77. The molecule has 0 saturated carbocycles. The van der Waals surface area contributed by atoms with Gasteiger partial charge < -0.3 is 19.7 Å². The second-order valence-electron chi connectivity index (χ2n) is 4.73. The Kier molecular flexibility index (Phi) is 3.38. The molecule has 2 rings (SSSR count). The van der Waals surface area contributed by atoms with E-state index in [1.807, 2.05) is 6.92 Å². The van der Waals surface area contributed by atoms with Gasteiger partial charge in [0.1, 0.15) is 12.2 Å². The molecule has 2 N–H and O–H groups in total. The second kappa shape index (κ2) is 4.81. The molecule has 1 atom stereocenters. The molecular weight excluding hydrogens is 236 g/mol. The van der Waals surface area contributed by atoms with Crippen molar-refractivity contribution < 1.29 is 19.4 Å². The van der Waals surface area contributed by atoms with Crippen molar-refractivity contribution in [2.45, 2.75) is 25.4 Å². The fraction of sp³-hybridized carbons (Fsp3) is 0.500. The number of aromatic nitrogens is 1. The first-order valence-electron chi connectivity index (χ1n) is 5.77. The summed E-state index contributed by atoms with van der Waals surface area (Å²) in [4.78, 5) is 22.8. The van der Waals surface area contributed by atoms with E-state index in [-0.39, 0.29) is 18.0 Å².